The molecule has 2 rings (SSSR count). The van der Waals surface area contributed by atoms with Crippen molar-refractivity contribution in [1.29, 1.82) is 0 Å². The lowest BCUT2D eigenvalue weighted by Crippen LogP contribution is -2.17. The number of amides is 1. The average Bonchev–Trinajstić information content (AvgIpc) is 2.58. The molecule has 4 N–H and O–H groups in total. The Hall–Kier alpha value is -2.37. The maximum absolute atomic E-state index is 11.4. The van der Waals surface area contributed by atoms with Crippen molar-refractivity contribution in [2.75, 3.05) is 5.73 Å². The predicted molar refractivity (Wildman–Crippen MR) is 63.8 cm³/mol. The SMILES string of the molecule is Cc1cn(-c2nccc(C)c2C(N)=O)nc1N. The number of nitrogen functional groups attached to an aromatic ring is 1. The number of carbonyl (C=O) groups excluding carboxylic acids is 1. The number of aromatic nitrogens is 3. The molecule has 6 heteroatoms. The number of nitrogens with two attached hydrogens (primary N) is 2. The van der Waals surface area contributed by atoms with Gasteiger partial charge in [-0.15, -0.1) is 5.10 Å². The second kappa shape index (κ2) is 3.89. The molecule has 2 aromatic rings. The first-order valence-corrected chi connectivity index (χ1v) is 5.08. The van der Waals surface area contributed by atoms with E-state index in [2.05, 4.69) is 10.1 Å². The molecule has 88 valence electrons. The van der Waals surface area contributed by atoms with E-state index in [9.17, 15) is 4.79 Å². The lowest BCUT2D eigenvalue weighted by atomic mass is 10.1. The first-order chi connectivity index (χ1) is 8.00. The molecule has 0 aliphatic carbocycles. The van der Waals surface area contributed by atoms with Crippen molar-refractivity contribution in [2.24, 2.45) is 5.73 Å². The van der Waals surface area contributed by atoms with E-state index in [0.29, 0.717) is 17.2 Å². The maximum atomic E-state index is 11.4. The van der Waals surface area contributed by atoms with Crippen molar-refractivity contribution >= 4 is 11.7 Å². The van der Waals surface area contributed by atoms with Gasteiger partial charge in [0.1, 0.15) is 5.82 Å². The van der Waals surface area contributed by atoms with E-state index in [1.165, 1.54) is 4.68 Å². The largest absolute Gasteiger partial charge is 0.382 e. The second-order valence-electron chi connectivity index (χ2n) is 3.83. The third-order valence-electron chi connectivity index (χ3n) is 2.54. The third-order valence-corrected chi connectivity index (χ3v) is 2.54. The van der Waals surface area contributed by atoms with E-state index >= 15 is 0 Å². The first-order valence-electron chi connectivity index (χ1n) is 5.08. The molecule has 2 aromatic heterocycles. The monoisotopic (exact) mass is 231 g/mol. The van der Waals surface area contributed by atoms with Gasteiger partial charge in [-0.05, 0) is 25.5 Å². The Labute approximate surface area is 98.3 Å². The highest BCUT2D eigenvalue weighted by Crippen LogP contribution is 2.17. The minimum Gasteiger partial charge on any atom is -0.382 e. The van der Waals surface area contributed by atoms with Gasteiger partial charge in [-0.3, -0.25) is 4.79 Å². The van der Waals surface area contributed by atoms with Crippen LogP contribution in [-0.2, 0) is 0 Å². The summed E-state index contributed by atoms with van der Waals surface area (Å²) >= 11 is 0. The molecule has 0 radical (unpaired) electrons. The molecule has 2 heterocycles. The Morgan fingerprint density at radius 1 is 1.35 bits per heavy atom. The quantitative estimate of drug-likeness (QED) is 0.788. The van der Waals surface area contributed by atoms with Gasteiger partial charge < -0.3 is 11.5 Å². The Kier molecular flexibility index (Phi) is 2.55. The number of aryl methyl sites for hydroxylation is 2. The Morgan fingerprint density at radius 3 is 2.59 bits per heavy atom. The predicted octanol–water partition coefficient (Wildman–Crippen LogP) is 0.565. The van der Waals surface area contributed by atoms with Crippen molar-refractivity contribution in [3.63, 3.8) is 0 Å². The molecule has 17 heavy (non-hydrogen) atoms. The normalized spacial score (nSPS) is 10.5. The van der Waals surface area contributed by atoms with Gasteiger partial charge in [-0.25, -0.2) is 9.67 Å². The van der Waals surface area contributed by atoms with Gasteiger partial charge in [-0.2, -0.15) is 0 Å². The summed E-state index contributed by atoms with van der Waals surface area (Å²) in [5.74, 6) is 0.276. The van der Waals surface area contributed by atoms with Crippen molar-refractivity contribution in [1.82, 2.24) is 14.8 Å². The van der Waals surface area contributed by atoms with Crippen LogP contribution in [0.5, 0.6) is 0 Å². The van der Waals surface area contributed by atoms with Crippen LogP contribution in [0.15, 0.2) is 18.5 Å². The summed E-state index contributed by atoms with van der Waals surface area (Å²) in [6.07, 6.45) is 3.31. The van der Waals surface area contributed by atoms with Gasteiger partial charge >= 0.3 is 0 Å². The summed E-state index contributed by atoms with van der Waals surface area (Å²) in [4.78, 5) is 15.5. The Balaban J connectivity index is 2.67. The molecule has 0 atom stereocenters. The van der Waals surface area contributed by atoms with E-state index in [1.54, 1.807) is 25.4 Å². The highest BCUT2D eigenvalue weighted by atomic mass is 16.1. The van der Waals surface area contributed by atoms with Gasteiger partial charge in [0.25, 0.3) is 5.91 Å². The molecule has 6 nitrogen and oxygen atoms in total. The lowest BCUT2D eigenvalue weighted by Gasteiger charge is -2.07. The summed E-state index contributed by atoms with van der Waals surface area (Å²) < 4.78 is 1.47. The Morgan fingerprint density at radius 2 is 2.06 bits per heavy atom. The zero-order valence-corrected chi connectivity index (χ0v) is 9.64. The minimum absolute atomic E-state index is 0.356. The standard InChI is InChI=1S/C11H13N5O/c1-6-3-4-14-11(8(6)10(13)17)16-5-7(2)9(12)15-16/h3-5H,1-2H3,(H2,12,15)(H2,13,17). The molecular formula is C11H13N5O. The van der Waals surface area contributed by atoms with Crippen molar-refractivity contribution < 1.29 is 4.79 Å². The molecule has 0 aliphatic rings. The number of hydrogen-bond acceptors (Lipinski definition) is 4. The molecule has 0 fully saturated rings. The first kappa shape index (κ1) is 11.1. The second-order valence-corrected chi connectivity index (χ2v) is 3.83. The zero-order chi connectivity index (χ0) is 12.6. The van der Waals surface area contributed by atoms with E-state index in [1.807, 2.05) is 6.92 Å². The number of anilines is 1. The third kappa shape index (κ3) is 1.84. The summed E-state index contributed by atoms with van der Waals surface area (Å²) in [7, 11) is 0. The minimum atomic E-state index is -0.530. The van der Waals surface area contributed by atoms with Gasteiger partial charge in [0.15, 0.2) is 5.82 Å². The number of pyridine rings is 1. The van der Waals surface area contributed by atoms with Crippen molar-refractivity contribution in [3.8, 4) is 5.82 Å². The summed E-state index contributed by atoms with van der Waals surface area (Å²) in [6.45, 7) is 3.63. The maximum Gasteiger partial charge on any atom is 0.252 e. The highest BCUT2D eigenvalue weighted by Gasteiger charge is 2.15. The van der Waals surface area contributed by atoms with Gasteiger partial charge in [0.2, 0.25) is 0 Å². The fraction of sp³-hybridized carbons (Fsp3) is 0.182. The van der Waals surface area contributed by atoms with Crippen LogP contribution in [0, 0.1) is 13.8 Å². The molecule has 0 aliphatic heterocycles. The van der Waals surface area contributed by atoms with E-state index in [4.69, 9.17) is 11.5 Å². The highest BCUT2D eigenvalue weighted by molar-refractivity contribution is 5.97. The molecule has 0 aromatic carbocycles. The average molecular weight is 231 g/mol. The van der Waals surface area contributed by atoms with E-state index < -0.39 is 5.91 Å². The number of carbonyl (C=O) groups is 1. The molecule has 0 saturated heterocycles. The lowest BCUT2D eigenvalue weighted by molar-refractivity contribution is 0.0999. The number of rotatable bonds is 2. The van der Waals surface area contributed by atoms with Gasteiger partial charge in [-0.1, -0.05) is 0 Å². The zero-order valence-electron chi connectivity index (χ0n) is 9.64. The van der Waals surface area contributed by atoms with Crippen LogP contribution in [0.3, 0.4) is 0 Å². The topological polar surface area (TPSA) is 99.8 Å². The van der Waals surface area contributed by atoms with Crippen LogP contribution < -0.4 is 11.5 Å². The van der Waals surface area contributed by atoms with Crippen LogP contribution in [0.2, 0.25) is 0 Å². The molecule has 0 bridgehead atoms. The van der Waals surface area contributed by atoms with E-state index in [-0.39, 0.29) is 0 Å². The van der Waals surface area contributed by atoms with Gasteiger partial charge in [0.05, 0.1) is 5.56 Å². The van der Waals surface area contributed by atoms with E-state index in [0.717, 1.165) is 11.1 Å². The number of primary amides is 1. The fourth-order valence-electron chi connectivity index (χ4n) is 1.60. The summed E-state index contributed by atoms with van der Waals surface area (Å²) in [5, 5.41) is 4.09. The molecule has 0 unspecified atom stereocenters. The molecular weight excluding hydrogens is 218 g/mol. The van der Waals surface area contributed by atoms with Gasteiger partial charge in [0, 0.05) is 18.0 Å². The van der Waals surface area contributed by atoms with Crippen LogP contribution in [0.1, 0.15) is 21.5 Å². The summed E-state index contributed by atoms with van der Waals surface area (Å²) in [5.41, 5.74) is 13.0. The number of nitrogens with zero attached hydrogens (tertiary/aromatic N) is 3. The van der Waals surface area contributed by atoms with Crippen molar-refractivity contribution in [2.45, 2.75) is 13.8 Å². The molecule has 0 saturated carbocycles. The van der Waals surface area contributed by atoms with Crippen LogP contribution in [0.4, 0.5) is 5.82 Å². The van der Waals surface area contributed by atoms with Crippen molar-refractivity contribution in [3.05, 3.63) is 35.2 Å². The van der Waals surface area contributed by atoms with Crippen LogP contribution >= 0.6 is 0 Å². The van der Waals surface area contributed by atoms with Crippen LogP contribution in [-0.4, -0.2) is 20.7 Å². The smallest absolute Gasteiger partial charge is 0.252 e. The fourth-order valence-corrected chi connectivity index (χ4v) is 1.60. The molecule has 0 spiro atoms. The van der Waals surface area contributed by atoms with Crippen LogP contribution in [0.25, 0.3) is 5.82 Å². The summed E-state index contributed by atoms with van der Waals surface area (Å²) in [6, 6.07) is 1.73. The Bertz CT molecular complexity index is 568. The molecule has 1 amide bonds. The number of hydrogen-bond donors (Lipinski definition) is 2.